The van der Waals surface area contributed by atoms with Crippen LogP contribution in [0.3, 0.4) is 0 Å². The lowest BCUT2D eigenvalue weighted by atomic mass is 10.1. The predicted molar refractivity (Wildman–Crippen MR) is 103 cm³/mol. The minimum Gasteiger partial charge on any atom is -0.780 e. The smallest absolute Gasteiger partial charge is 0.222 e. The summed E-state index contributed by atoms with van der Waals surface area (Å²) in [6.45, 7) is -3.44. The number of nitrogens with one attached hydrogen (secondary N) is 1. The maximum absolute atomic E-state index is 12.3. The number of terminal acetylenes is 1. The van der Waals surface area contributed by atoms with Crippen molar-refractivity contribution in [2.75, 3.05) is 19.7 Å². The van der Waals surface area contributed by atoms with Gasteiger partial charge in [-0.2, -0.15) is 0 Å². The highest BCUT2D eigenvalue weighted by Crippen LogP contribution is 2.32. The Balaban J connectivity index is 2.20. The first-order valence-electron chi connectivity index (χ1n) is 9.09. The van der Waals surface area contributed by atoms with E-state index in [1.807, 2.05) is 0 Å². The molecule has 2 amide bonds. The van der Waals surface area contributed by atoms with Crippen LogP contribution in [0.5, 0.6) is 0 Å². The zero-order valence-electron chi connectivity index (χ0n) is 15.3. The second kappa shape index (κ2) is 12.4. The van der Waals surface area contributed by atoms with Crippen molar-refractivity contribution < 1.29 is 29.0 Å². The molecule has 1 heterocycles. The van der Waals surface area contributed by atoms with Gasteiger partial charge in [0.2, 0.25) is 11.8 Å². The van der Waals surface area contributed by atoms with Gasteiger partial charge in [-0.15, -0.1) is 12.3 Å². The molecule has 0 saturated carbocycles. The van der Waals surface area contributed by atoms with Crippen LogP contribution in [0.2, 0.25) is 0 Å². The maximum atomic E-state index is 12.3. The summed E-state index contributed by atoms with van der Waals surface area (Å²) in [5, 5.41) is 12.6. The van der Waals surface area contributed by atoms with Gasteiger partial charge >= 0.3 is 0 Å². The molecule has 0 bridgehead atoms. The maximum Gasteiger partial charge on any atom is 0.222 e. The first-order chi connectivity index (χ1) is 12.7. The molecule has 0 spiro atoms. The molecule has 1 rings (SSSR count). The van der Waals surface area contributed by atoms with Crippen LogP contribution in [0.1, 0.15) is 51.4 Å². The molecule has 1 saturated heterocycles. The van der Waals surface area contributed by atoms with Crippen LogP contribution >= 0.6 is 6.72 Å². The molecular formula is C17H28N2O6PS-. The molecule has 0 aromatic carbocycles. The van der Waals surface area contributed by atoms with Gasteiger partial charge in [-0.3, -0.25) is 9.59 Å². The van der Waals surface area contributed by atoms with Gasteiger partial charge in [-0.05, 0) is 25.7 Å². The third-order valence-corrected chi connectivity index (χ3v) is 5.05. The SMILES string of the molecule is C#CCCCC(=O)NCCCCCC(=O)N1C[C@H](O)C[C@H]1COP([O-])(O)=S. The fraction of sp³-hybridized carbons (Fsp3) is 0.765. The van der Waals surface area contributed by atoms with Gasteiger partial charge in [0.15, 0.2) is 0 Å². The summed E-state index contributed by atoms with van der Waals surface area (Å²) in [6, 6.07) is -0.446. The van der Waals surface area contributed by atoms with Gasteiger partial charge in [-0.25, -0.2) is 0 Å². The van der Waals surface area contributed by atoms with Crippen LogP contribution in [0.25, 0.3) is 0 Å². The Hall–Kier alpha value is -1.01. The summed E-state index contributed by atoms with van der Waals surface area (Å²) in [4.78, 5) is 45.4. The molecular weight excluding hydrogens is 391 g/mol. The minimum atomic E-state index is -4.03. The van der Waals surface area contributed by atoms with Crippen LogP contribution in [-0.4, -0.2) is 58.6 Å². The predicted octanol–water partition coefficient (Wildman–Crippen LogP) is 0.0220. The summed E-state index contributed by atoms with van der Waals surface area (Å²) < 4.78 is 4.73. The van der Waals surface area contributed by atoms with E-state index in [2.05, 4.69) is 23.0 Å². The Morgan fingerprint density at radius 3 is 2.74 bits per heavy atom. The van der Waals surface area contributed by atoms with Crippen molar-refractivity contribution in [2.24, 2.45) is 0 Å². The number of aliphatic hydroxyl groups excluding tert-OH is 1. The van der Waals surface area contributed by atoms with Crippen molar-refractivity contribution in [3.05, 3.63) is 0 Å². The van der Waals surface area contributed by atoms with E-state index in [1.165, 1.54) is 4.90 Å². The number of unbranched alkanes of at least 4 members (excludes halogenated alkanes) is 3. The average Bonchev–Trinajstić information content (AvgIpc) is 2.96. The van der Waals surface area contributed by atoms with Crippen LogP contribution in [0, 0.1) is 12.3 Å². The zero-order valence-corrected chi connectivity index (χ0v) is 17.1. The third kappa shape index (κ3) is 10.8. The third-order valence-electron chi connectivity index (χ3n) is 4.26. The van der Waals surface area contributed by atoms with Gasteiger partial charge in [0.05, 0.1) is 18.8 Å². The molecule has 1 aliphatic heterocycles. The summed E-state index contributed by atoms with van der Waals surface area (Å²) in [6.07, 6.45) is 8.98. The molecule has 0 aromatic heterocycles. The molecule has 0 aliphatic carbocycles. The van der Waals surface area contributed by atoms with E-state index in [4.69, 9.17) is 15.8 Å². The lowest BCUT2D eigenvalue weighted by molar-refractivity contribution is -0.202. The van der Waals surface area contributed by atoms with Gasteiger partial charge in [0, 0.05) is 32.4 Å². The number of amides is 2. The number of hydrogen-bond acceptors (Lipinski definition) is 6. The van der Waals surface area contributed by atoms with E-state index in [1.54, 1.807) is 0 Å². The number of hydrogen-bond donors (Lipinski definition) is 3. The second-order valence-corrected chi connectivity index (χ2v) is 9.15. The zero-order chi connectivity index (χ0) is 20.3. The van der Waals surface area contributed by atoms with Gasteiger partial charge in [-0.1, -0.05) is 18.2 Å². The summed E-state index contributed by atoms with van der Waals surface area (Å²) in [5.41, 5.74) is 0. The molecule has 0 aromatic rings. The topological polar surface area (TPSA) is 122 Å². The molecule has 8 nitrogen and oxygen atoms in total. The molecule has 10 heteroatoms. The first kappa shape index (κ1) is 24.0. The van der Waals surface area contributed by atoms with Crippen LogP contribution in [0.15, 0.2) is 0 Å². The van der Waals surface area contributed by atoms with Crippen LogP contribution in [-0.2, 0) is 25.9 Å². The Kier molecular flexibility index (Phi) is 11.1. The van der Waals surface area contributed by atoms with Crippen molar-refractivity contribution in [3.63, 3.8) is 0 Å². The first-order valence-corrected chi connectivity index (χ1v) is 11.7. The van der Waals surface area contributed by atoms with E-state index >= 15 is 0 Å². The highest BCUT2D eigenvalue weighted by Gasteiger charge is 2.34. The molecule has 0 radical (unpaired) electrons. The Morgan fingerprint density at radius 2 is 2.07 bits per heavy atom. The summed E-state index contributed by atoms with van der Waals surface area (Å²) in [5.74, 6) is 2.35. The fourth-order valence-corrected chi connectivity index (χ4v) is 3.47. The number of carbonyl (C=O) groups is 2. The number of likely N-dealkylation sites (tertiary alicyclic amines) is 1. The number of rotatable bonds is 12. The molecule has 3 atom stereocenters. The van der Waals surface area contributed by atoms with E-state index in [0.717, 1.165) is 12.8 Å². The molecule has 27 heavy (non-hydrogen) atoms. The molecule has 1 aliphatic rings. The average molecular weight is 419 g/mol. The number of β-amino-alcohol motifs (C(OH)–C–C–N with tert-alkyl or cyclic N) is 1. The highest BCUT2D eigenvalue weighted by atomic mass is 32.5. The second-order valence-electron chi connectivity index (χ2n) is 6.57. The van der Waals surface area contributed by atoms with E-state index in [0.29, 0.717) is 45.1 Å². The summed E-state index contributed by atoms with van der Waals surface area (Å²) in [7, 11) is 0. The van der Waals surface area contributed by atoms with Crippen molar-refractivity contribution in [3.8, 4) is 12.3 Å². The lowest BCUT2D eigenvalue weighted by Crippen LogP contribution is -2.38. The normalized spacial score (nSPS) is 21.5. The minimum absolute atomic E-state index is 0.0156. The van der Waals surface area contributed by atoms with Crippen LogP contribution < -0.4 is 10.2 Å². The van der Waals surface area contributed by atoms with Gasteiger partial charge in [0.1, 0.15) is 6.72 Å². The van der Waals surface area contributed by atoms with Crippen molar-refractivity contribution in [1.82, 2.24) is 10.2 Å². The largest absolute Gasteiger partial charge is 0.780 e. The van der Waals surface area contributed by atoms with Crippen molar-refractivity contribution >= 4 is 30.3 Å². The standard InChI is InChI=1S/C17H29N2O6PS/c1-2-3-5-8-16(21)18-10-7-4-6-9-17(22)19-12-15(20)11-14(19)13-25-26(23,24)27/h1,14-15,20H,3-13H2,(H,18,21)(H2,23,24,27)/p-1/t14-,15+/m0/s1. The Labute approximate surface area is 165 Å². The molecule has 1 unspecified atom stereocenters. The number of aliphatic hydroxyl groups is 1. The molecule has 1 fully saturated rings. The van der Waals surface area contributed by atoms with E-state index in [9.17, 15) is 19.6 Å². The van der Waals surface area contributed by atoms with Crippen molar-refractivity contribution in [2.45, 2.75) is 63.5 Å². The van der Waals surface area contributed by atoms with E-state index in [-0.39, 0.29) is 25.0 Å². The number of carbonyl (C=O) groups excluding carboxylic acids is 2. The lowest BCUT2D eigenvalue weighted by Gasteiger charge is -2.28. The Bertz CT molecular complexity index is 576. The van der Waals surface area contributed by atoms with E-state index < -0.39 is 18.9 Å². The van der Waals surface area contributed by atoms with Gasteiger partial charge in [0.25, 0.3) is 0 Å². The summed E-state index contributed by atoms with van der Waals surface area (Å²) >= 11 is 4.30. The molecule has 3 N–H and O–H groups in total. The monoisotopic (exact) mass is 419 g/mol. The highest BCUT2D eigenvalue weighted by molar-refractivity contribution is 8.06. The van der Waals surface area contributed by atoms with Gasteiger partial charge < -0.3 is 29.6 Å². The quantitative estimate of drug-likeness (QED) is 0.232. The fourth-order valence-electron chi connectivity index (χ4n) is 2.92. The van der Waals surface area contributed by atoms with Crippen molar-refractivity contribution in [1.29, 1.82) is 0 Å². The Morgan fingerprint density at radius 1 is 1.33 bits per heavy atom. The number of nitrogens with zero attached hydrogens (tertiary/aromatic N) is 1. The molecule has 154 valence electrons. The van der Waals surface area contributed by atoms with Crippen LogP contribution in [0.4, 0.5) is 0 Å².